The van der Waals surface area contributed by atoms with Crippen LogP contribution in [0.25, 0.3) is 10.9 Å². The van der Waals surface area contributed by atoms with Crippen LogP contribution in [0, 0.1) is 6.07 Å². The summed E-state index contributed by atoms with van der Waals surface area (Å²) in [6, 6.07) is 9.08. The first-order valence-electron chi connectivity index (χ1n) is 4.43. The zero-order chi connectivity index (χ0) is 9.47. The van der Waals surface area contributed by atoms with Crippen molar-refractivity contribution in [2.45, 2.75) is 19.6 Å². The third-order valence-corrected chi connectivity index (χ3v) is 3.68. The smallest absolute Gasteiger partial charge is 0.176 e. The molecule has 67 valence electrons. The van der Waals surface area contributed by atoms with Crippen LogP contribution in [0.15, 0.2) is 24.4 Å². The molecule has 0 fully saturated rings. The number of hydrogen-bond acceptors (Lipinski definition) is 1. The Balaban J connectivity index is 2.72. The molecule has 0 aliphatic carbocycles. The van der Waals surface area contributed by atoms with Crippen LogP contribution in [0.4, 0.5) is 0 Å². The van der Waals surface area contributed by atoms with Crippen LogP contribution in [0.1, 0.15) is 0 Å². The summed E-state index contributed by atoms with van der Waals surface area (Å²) in [5, 5.41) is 5.61. The molecule has 1 aromatic heterocycles. The van der Waals surface area contributed by atoms with Crippen molar-refractivity contribution < 1.29 is 0 Å². The van der Waals surface area contributed by atoms with Crippen LogP contribution in [-0.2, 0) is 0 Å². The van der Waals surface area contributed by atoms with Crippen molar-refractivity contribution in [2.24, 2.45) is 0 Å². The second-order valence-electron chi connectivity index (χ2n) is 4.21. The van der Waals surface area contributed by atoms with Crippen molar-refractivity contribution in [1.29, 1.82) is 0 Å². The molecule has 0 aliphatic heterocycles. The first kappa shape index (κ1) is 8.50. The van der Waals surface area contributed by atoms with Crippen molar-refractivity contribution in [2.75, 3.05) is 0 Å². The molecule has 0 atom stereocenters. The number of hydrogen-bond donors (Lipinski definition) is 0. The Hall–Kier alpha value is -1.09. The van der Waals surface area contributed by atoms with Crippen LogP contribution in [0.2, 0.25) is 19.6 Å². The summed E-state index contributed by atoms with van der Waals surface area (Å²) in [5.41, 5.74) is 1.23. The molecule has 0 amide bonds. The van der Waals surface area contributed by atoms with E-state index in [1.54, 1.807) is 0 Å². The monoisotopic (exact) mass is 189 g/mol. The first-order valence-corrected chi connectivity index (χ1v) is 7.88. The molecule has 0 saturated carbocycles. The Morgan fingerprint density at radius 1 is 1.38 bits per heavy atom. The summed E-state index contributed by atoms with van der Waals surface area (Å²) >= 11 is 0. The third-order valence-electron chi connectivity index (χ3n) is 2.05. The Kier molecular flexibility index (Phi) is 1.77. The molecular weight excluding hydrogens is 176 g/mol. The molecule has 3 heteroatoms. The summed E-state index contributed by atoms with van der Waals surface area (Å²) in [5.74, 6) is 0. The van der Waals surface area contributed by atoms with E-state index in [0.29, 0.717) is 0 Å². The van der Waals surface area contributed by atoms with Gasteiger partial charge in [-0.25, -0.2) is 0 Å². The summed E-state index contributed by atoms with van der Waals surface area (Å²) in [6.45, 7) is 6.86. The van der Waals surface area contributed by atoms with Crippen LogP contribution in [0.5, 0.6) is 0 Å². The van der Waals surface area contributed by atoms with Crippen LogP contribution in [0.3, 0.4) is 0 Å². The molecule has 2 nitrogen and oxygen atoms in total. The second-order valence-corrected chi connectivity index (χ2v) is 8.98. The lowest BCUT2D eigenvalue weighted by molar-refractivity contribution is 0.964. The summed E-state index contributed by atoms with van der Waals surface area (Å²) in [7, 11) is -1.35. The molecule has 2 rings (SSSR count). The van der Waals surface area contributed by atoms with E-state index in [2.05, 4.69) is 41.2 Å². The molecule has 0 unspecified atom stereocenters. The lowest BCUT2D eigenvalue weighted by Gasteiger charge is -2.17. The Bertz CT molecular complexity index is 426. The predicted octanol–water partition coefficient (Wildman–Crippen LogP) is 2.52. The standard InChI is InChI=1S/C10H13N2Si/c1-13(2,3)12-10-7-5-4-6-9(10)8-11-12/h5-8H,1-3H3. The molecule has 0 saturated heterocycles. The average molecular weight is 189 g/mol. The number of rotatable bonds is 1. The number of nitrogens with zero attached hydrogens (tertiary/aromatic N) is 2. The van der Waals surface area contributed by atoms with Crippen molar-refractivity contribution in [3.8, 4) is 0 Å². The predicted molar refractivity (Wildman–Crippen MR) is 57.3 cm³/mol. The van der Waals surface area contributed by atoms with E-state index < -0.39 is 8.24 Å². The average Bonchev–Trinajstić information content (AvgIpc) is 2.45. The minimum absolute atomic E-state index is 1.19. The summed E-state index contributed by atoms with van der Waals surface area (Å²) in [4.78, 5) is 0. The molecule has 0 aliphatic rings. The zero-order valence-electron chi connectivity index (χ0n) is 8.20. The van der Waals surface area contributed by atoms with Crippen molar-refractivity contribution >= 4 is 19.1 Å². The maximum Gasteiger partial charge on any atom is 0.176 e. The van der Waals surface area contributed by atoms with E-state index in [9.17, 15) is 0 Å². The van der Waals surface area contributed by atoms with Gasteiger partial charge in [-0.3, -0.25) is 4.35 Å². The van der Waals surface area contributed by atoms with E-state index >= 15 is 0 Å². The fraction of sp³-hybridized carbons (Fsp3) is 0.300. The van der Waals surface area contributed by atoms with E-state index in [-0.39, 0.29) is 0 Å². The highest BCUT2D eigenvalue weighted by Crippen LogP contribution is 2.16. The third kappa shape index (κ3) is 1.39. The molecule has 0 bridgehead atoms. The Morgan fingerprint density at radius 2 is 2.15 bits per heavy atom. The molecule has 1 aromatic carbocycles. The van der Waals surface area contributed by atoms with Gasteiger partial charge in [0.15, 0.2) is 8.24 Å². The van der Waals surface area contributed by atoms with Gasteiger partial charge in [-0.05, 0) is 37.8 Å². The van der Waals surface area contributed by atoms with Crippen molar-refractivity contribution in [3.63, 3.8) is 0 Å². The van der Waals surface area contributed by atoms with Gasteiger partial charge < -0.3 is 0 Å². The van der Waals surface area contributed by atoms with Crippen LogP contribution >= 0.6 is 0 Å². The van der Waals surface area contributed by atoms with Gasteiger partial charge in [0.25, 0.3) is 0 Å². The molecule has 1 heterocycles. The normalized spacial score (nSPS) is 12.2. The Morgan fingerprint density at radius 3 is 2.85 bits per heavy atom. The lowest BCUT2D eigenvalue weighted by atomic mass is 10.3. The number of benzene rings is 1. The molecule has 2 aromatic rings. The van der Waals surface area contributed by atoms with Gasteiger partial charge in [0, 0.05) is 5.39 Å². The second kappa shape index (κ2) is 2.70. The maximum absolute atomic E-state index is 4.42. The van der Waals surface area contributed by atoms with Gasteiger partial charge in [0.1, 0.15) is 0 Å². The van der Waals surface area contributed by atoms with Gasteiger partial charge in [-0.1, -0.05) is 6.07 Å². The SMILES string of the molecule is C[Si](C)(C)n1ncc2c[c]ccc21. The van der Waals surface area contributed by atoms with Crippen molar-refractivity contribution in [1.82, 2.24) is 9.45 Å². The molecule has 1 radical (unpaired) electrons. The highest BCUT2D eigenvalue weighted by Gasteiger charge is 2.19. The van der Waals surface area contributed by atoms with E-state index in [0.717, 1.165) is 0 Å². The van der Waals surface area contributed by atoms with Gasteiger partial charge in [-0.2, -0.15) is 5.10 Å². The van der Waals surface area contributed by atoms with Crippen LogP contribution < -0.4 is 0 Å². The topological polar surface area (TPSA) is 17.8 Å². The minimum Gasteiger partial charge on any atom is -0.295 e. The lowest BCUT2D eigenvalue weighted by Crippen LogP contribution is -2.32. The fourth-order valence-electron chi connectivity index (χ4n) is 1.45. The maximum atomic E-state index is 4.42. The fourth-order valence-corrected chi connectivity index (χ4v) is 2.78. The van der Waals surface area contributed by atoms with E-state index in [1.807, 2.05) is 18.3 Å². The quantitative estimate of drug-likeness (QED) is 0.630. The molecular formula is C10H13N2Si. The highest BCUT2D eigenvalue weighted by atomic mass is 28.3. The zero-order valence-corrected chi connectivity index (χ0v) is 9.20. The minimum atomic E-state index is -1.35. The van der Waals surface area contributed by atoms with Crippen LogP contribution in [-0.4, -0.2) is 17.7 Å². The number of aromatic nitrogens is 2. The molecule has 0 spiro atoms. The van der Waals surface area contributed by atoms with Gasteiger partial charge in [0.2, 0.25) is 0 Å². The Labute approximate surface area is 79.3 Å². The van der Waals surface area contributed by atoms with Gasteiger partial charge in [-0.15, -0.1) is 0 Å². The summed E-state index contributed by atoms with van der Waals surface area (Å²) in [6.07, 6.45) is 1.92. The first-order chi connectivity index (χ1) is 6.09. The van der Waals surface area contributed by atoms with Gasteiger partial charge >= 0.3 is 0 Å². The molecule has 0 N–H and O–H groups in total. The van der Waals surface area contributed by atoms with Gasteiger partial charge in [0.05, 0.1) is 11.7 Å². The largest absolute Gasteiger partial charge is 0.295 e. The van der Waals surface area contributed by atoms with E-state index in [4.69, 9.17) is 0 Å². The van der Waals surface area contributed by atoms with Crippen molar-refractivity contribution in [3.05, 3.63) is 30.5 Å². The number of fused-ring (bicyclic) bond motifs is 1. The summed E-state index contributed by atoms with van der Waals surface area (Å²) < 4.78 is 2.18. The molecule has 13 heavy (non-hydrogen) atoms. The highest BCUT2D eigenvalue weighted by molar-refractivity contribution is 6.75. The van der Waals surface area contributed by atoms with E-state index in [1.165, 1.54) is 10.9 Å².